The van der Waals surface area contributed by atoms with Gasteiger partial charge in [0.2, 0.25) is 0 Å². The van der Waals surface area contributed by atoms with E-state index >= 15 is 0 Å². The lowest BCUT2D eigenvalue weighted by atomic mass is 10.1. The Morgan fingerprint density at radius 2 is 1.74 bits per heavy atom. The molecule has 0 bridgehead atoms. The molecule has 4 aromatic rings. The Balaban J connectivity index is 1.75. The summed E-state index contributed by atoms with van der Waals surface area (Å²) in [5.74, 6) is -0.818. The minimum Gasteiger partial charge on any atom is -0.481 e. The summed E-state index contributed by atoms with van der Waals surface area (Å²) in [7, 11) is 0. The number of carboxylic acids is 1. The molecule has 0 saturated heterocycles. The molecular weight excluding hydrogens is 354 g/mol. The van der Waals surface area contributed by atoms with Crippen molar-refractivity contribution in [3.8, 4) is 16.8 Å². The lowest BCUT2D eigenvalue weighted by molar-refractivity contribution is -0.136. The van der Waals surface area contributed by atoms with Gasteiger partial charge < -0.3 is 9.67 Å². The molecule has 27 heavy (non-hydrogen) atoms. The average Bonchev–Trinajstić information content (AvgIpc) is 3.06. The molecule has 0 unspecified atom stereocenters. The van der Waals surface area contributed by atoms with E-state index in [0.717, 1.165) is 27.7 Å². The minimum atomic E-state index is -0.818. The topological polar surface area (TPSA) is 42.2 Å². The highest BCUT2D eigenvalue weighted by molar-refractivity contribution is 7.98. The van der Waals surface area contributed by atoms with Crippen LogP contribution in [0.5, 0.6) is 0 Å². The molecule has 0 fully saturated rings. The van der Waals surface area contributed by atoms with Crippen molar-refractivity contribution < 1.29 is 9.90 Å². The Morgan fingerprint density at radius 3 is 2.48 bits per heavy atom. The molecule has 0 atom stereocenters. The average molecular weight is 373 g/mol. The van der Waals surface area contributed by atoms with Crippen molar-refractivity contribution in [2.45, 2.75) is 11.3 Å². The zero-order chi connectivity index (χ0) is 18.8. The van der Waals surface area contributed by atoms with Gasteiger partial charge in [-0.05, 0) is 53.3 Å². The fourth-order valence-corrected chi connectivity index (χ4v) is 3.84. The normalized spacial score (nSPS) is 11.0. The second kappa shape index (κ2) is 7.33. The Bertz CT molecular complexity index is 1110. The largest absolute Gasteiger partial charge is 0.481 e. The van der Waals surface area contributed by atoms with E-state index < -0.39 is 5.97 Å². The first kappa shape index (κ1) is 17.4. The number of benzene rings is 3. The van der Waals surface area contributed by atoms with Crippen molar-refractivity contribution in [3.63, 3.8) is 0 Å². The van der Waals surface area contributed by atoms with Gasteiger partial charge in [-0.3, -0.25) is 4.79 Å². The van der Waals surface area contributed by atoms with Gasteiger partial charge in [0.25, 0.3) is 0 Å². The van der Waals surface area contributed by atoms with E-state index in [1.807, 2.05) is 30.5 Å². The van der Waals surface area contributed by atoms with Crippen molar-refractivity contribution >= 4 is 28.6 Å². The molecule has 1 aromatic heterocycles. The van der Waals surface area contributed by atoms with Crippen molar-refractivity contribution in [2.75, 3.05) is 6.26 Å². The maximum absolute atomic E-state index is 11.2. The van der Waals surface area contributed by atoms with Crippen LogP contribution in [0.3, 0.4) is 0 Å². The maximum Gasteiger partial charge on any atom is 0.307 e. The second-order valence-corrected chi connectivity index (χ2v) is 7.27. The van der Waals surface area contributed by atoms with E-state index in [1.54, 1.807) is 11.8 Å². The standard InChI is InChI=1S/C23H19NO2S/c1-27-20-6-4-5-17(13-20)16-9-11-19(12-10-16)24-15-18(14-23(25)26)21-7-2-3-8-22(21)24/h2-13,15H,14H2,1H3,(H,25,26). The molecule has 0 radical (unpaired) electrons. The fraction of sp³-hybridized carbons (Fsp3) is 0.0870. The summed E-state index contributed by atoms with van der Waals surface area (Å²) in [5, 5.41) is 10.2. The summed E-state index contributed by atoms with van der Waals surface area (Å²) < 4.78 is 2.07. The van der Waals surface area contributed by atoms with E-state index in [1.165, 1.54) is 10.5 Å². The molecule has 1 N–H and O–H groups in total. The summed E-state index contributed by atoms with van der Waals surface area (Å²) in [6.45, 7) is 0. The van der Waals surface area contributed by atoms with Gasteiger partial charge in [0.05, 0.1) is 11.9 Å². The predicted octanol–water partition coefficient (Wildman–Crippen LogP) is 5.65. The van der Waals surface area contributed by atoms with Gasteiger partial charge in [-0.25, -0.2) is 0 Å². The highest BCUT2D eigenvalue weighted by Gasteiger charge is 2.12. The number of aromatic nitrogens is 1. The van der Waals surface area contributed by atoms with Gasteiger partial charge >= 0.3 is 5.97 Å². The number of fused-ring (bicyclic) bond motifs is 1. The van der Waals surface area contributed by atoms with Crippen molar-refractivity contribution in [1.29, 1.82) is 0 Å². The number of thioether (sulfide) groups is 1. The third-order valence-corrected chi connectivity index (χ3v) is 5.41. The van der Waals surface area contributed by atoms with Crippen LogP contribution in [0.1, 0.15) is 5.56 Å². The van der Waals surface area contributed by atoms with E-state index in [-0.39, 0.29) is 6.42 Å². The van der Waals surface area contributed by atoms with Gasteiger partial charge in [0.15, 0.2) is 0 Å². The molecule has 0 aliphatic carbocycles. The Labute approximate surface area is 162 Å². The number of para-hydroxylation sites is 1. The van der Waals surface area contributed by atoms with Gasteiger partial charge in [0.1, 0.15) is 0 Å². The smallest absolute Gasteiger partial charge is 0.307 e. The van der Waals surface area contributed by atoms with Crippen LogP contribution in [0, 0.1) is 0 Å². The maximum atomic E-state index is 11.2. The van der Waals surface area contributed by atoms with Gasteiger partial charge in [-0.2, -0.15) is 0 Å². The highest BCUT2D eigenvalue weighted by atomic mass is 32.2. The van der Waals surface area contributed by atoms with E-state index in [9.17, 15) is 9.90 Å². The second-order valence-electron chi connectivity index (χ2n) is 6.39. The Hall–Kier alpha value is -2.98. The highest BCUT2D eigenvalue weighted by Crippen LogP contribution is 2.28. The molecule has 0 spiro atoms. The fourth-order valence-electron chi connectivity index (χ4n) is 3.38. The number of hydrogen-bond donors (Lipinski definition) is 1. The molecule has 4 heteroatoms. The van der Waals surface area contributed by atoms with Crippen LogP contribution in [0.4, 0.5) is 0 Å². The number of carbonyl (C=O) groups is 1. The lowest BCUT2D eigenvalue weighted by Crippen LogP contribution is -1.99. The van der Waals surface area contributed by atoms with E-state index in [4.69, 9.17) is 0 Å². The molecular formula is C23H19NO2S. The van der Waals surface area contributed by atoms with Crippen LogP contribution in [-0.2, 0) is 11.2 Å². The van der Waals surface area contributed by atoms with Crippen molar-refractivity contribution in [2.24, 2.45) is 0 Å². The summed E-state index contributed by atoms with van der Waals surface area (Å²) in [4.78, 5) is 12.4. The molecule has 3 aromatic carbocycles. The van der Waals surface area contributed by atoms with E-state index in [2.05, 4.69) is 59.4 Å². The van der Waals surface area contributed by atoms with Crippen LogP contribution in [0.2, 0.25) is 0 Å². The molecule has 134 valence electrons. The van der Waals surface area contributed by atoms with Gasteiger partial charge in [0, 0.05) is 22.2 Å². The molecule has 4 rings (SSSR count). The SMILES string of the molecule is CSc1cccc(-c2ccc(-n3cc(CC(=O)O)c4ccccc43)cc2)c1. The van der Waals surface area contributed by atoms with Crippen LogP contribution < -0.4 is 0 Å². The molecule has 0 saturated carbocycles. The summed E-state index contributed by atoms with van der Waals surface area (Å²) in [6, 6.07) is 24.8. The first-order valence-corrected chi connectivity index (χ1v) is 9.94. The number of hydrogen-bond acceptors (Lipinski definition) is 2. The summed E-state index contributed by atoms with van der Waals surface area (Å²) >= 11 is 1.73. The monoisotopic (exact) mass is 373 g/mol. The van der Waals surface area contributed by atoms with Crippen molar-refractivity contribution in [1.82, 2.24) is 4.57 Å². The molecule has 0 amide bonds. The van der Waals surface area contributed by atoms with Crippen LogP contribution in [0.15, 0.2) is 83.9 Å². The van der Waals surface area contributed by atoms with E-state index in [0.29, 0.717) is 0 Å². The Morgan fingerprint density at radius 1 is 0.963 bits per heavy atom. The number of nitrogens with zero attached hydrogens (tertiary/aromatic N) is 1. The zero-order valence-electron chi connectivity index (χ0n) is 14.9. The third kappa shape index (κ3) is 3.49. The van der Waals surface area contributed by atoms with Crippen molar-refractivity contribution in [3.05, 3.63) is 84.6 Å². The van der Waals surface area contributed by atoms with Gasteiger partial charge in [-0.1, -0.05) is 42.5 Å². The number of rotatable bonds is 5. The van der Waals surface area contributed by atoms with Gasteiger partial charge in [-0.15, -0.1) is 11.8 Å². The minimum absolute atomic E-state index is 0.0209. The molecule has 1 heterocycles. The quantitative estimate of drug-likeness (QED) is 0.460. The zero-order valence-corrected chi connectivity index (χ0v) is 15.7. The molecule has 3 nitrogen and oxygen atoms in total. The Kier molecular flexibility index (Phi) is 4.73. The first-order chi connectivity index (χ1) is 13.2. The molecule has 0 aliphatic rings. The third-order valence-electron chi connectivity index (χ3n) is 4.68. The predicted molar refractivity (Wildman–Crippen MR) is 112 cm³/mol. The summed E-state index contributed by atoms with van der Waals surface area (Å²) in [6.07, 6.45) is 4.03. The van der Waals surface area contributed by atoms with Crippen LogP contribution >= 0.6 is 11.8 Å². The van der Waals surface area contributed by atoms with Crippen LogP contribution in [0.25, 0.3) is 27.7 Å². The number of carboxylic acid groups (broad SMARTS) is 1. The first-order valence-electron chi connectivity index (χ1n) is 8.71. The van der Waals surface area contributed by atoms with Crippen LogP contribution in [-0.4, -0.2) is 21.9 Å². The molecule has 0 aliphatic heterocycles. The lowest BCUT2D eigenvalue weighted by Gasteiger charge is -2.08. The number of aliphatic carboxylic acids is 1. The summed E-state index contributed by atoms with van der Waals surface area (Å²) in [5.41, 5.74) is 5.22.